The third kappa shape index (κ3) is 3.04. The molecule has 0 saturated heterocycles. The van der Waals surface area contributed by atoms with Gasteiger partial charge in [-0.15, -0.1) is 0 Å². The van der Waals surface area contributed by atoms with Crippen molar-refractivity contribution in [1.29, 1.82) is 0 Å². The molecular weight excluding hydrogens is 297 g/mol. The van der Waals surface area contributed by atoms with Crippen molar-refractivity contribution in [1.82, 2.24) is 4.98 Å². The zero-order chi connectivity index (χ0) is 16.4. The zero-order valence-electron chi connectivity index (χ0n) is 12.6. The monoisotopic (exact) mass is 313 g/mol. The summed E-state index contributed by atoms with van der Waals surface area (Å²) in [6.07, 6.45) is -0.183. The minimum Gasteiger partial charge on any atom is -0.494 e. The molecule has 0 aliphatic heterocycles. The molecule has 0 bridgehead atoms. The Morgan fingerprint density at radius 3 is 2.83 bits per heavy atom. The average Bonchev–Trinajstić information content (AvgIpc) is 2.85. The van der Waals surface area contributed by atoms with Gasteiger partial charge in [-0.1, -0.05) is 12.1 Å². The summed E-state index contributed by atoms with van der Waals surface area (Å²) in [5, 5.41) is 9.78. The molecule has 3 rings (SSSR count). The lowest BCUT2D eigenvalue weighted by atomic mass is 10.0. The van der Waals surface area contributed by atoms with Gasteiger partial charge in [-0.2, -0.15) is 0 Å². The fourth-order valence-electron chi connectivity index (χ4n) is 2.71. The summed E-state index contributed by atoms with van der Waals surface area (Å²) in [7, 11) is 0. The molecule has 0 spiro atoms. The van der Waals surface area contributed by atoms with Crippen LogP contribution in [0, 0.1) is 5.82 Å². The highest BCUT2D eigenvalue weighted by atomic mass is 19.1. The second-order valence-corrected chi connectivity index (χ2v) is 5.20. The SMILES string of the molecule is CCOc1cccc(-c2[nH]c3ccc(F)cc3c2CC(=O)O)c1. The maximum Gasteiger partial charge on any atom is 0.307 e. The fourth-order valence-corrected chi connectivity index (χ4v) is 2.71. The van der Waals surface area contributed by atoms with Gasteiger partial charge in [0, 0.05) is 16.5 Å². The second-order valence-electron chi connectivity index (χ2n) is 5.20. The molecule has 3 aromatic rings. The highest BCUT2D eigenvalue weighted by Crippen LogP contribution is 2.32. The quantitative estimate of drug-likeness (QED) is 0.748. The molecule has 1 aromatic heterocycles. The number of aromatic nitrogens is 1. The minimum atomic E-state index is -0.961. The zero-order valence-corrected chi connectivity index (χ0v) is 12.6. The molecule has 0 radical (unpaired) electrons. The molecule has 23 heavy (non-hydrogen) atoms. The van der Waals surface area contributed by atoms with E-state index in [1.807, 2.05) is 31.2 Å². The van der Waals surface area contributed by atoms with Crippen LogP contribution in [0.2, 0.25) is 0 Å². The number of hydrogen-bond donors (Lipinski definition) is 2. The molecule has 0 aliphatic carbocycles. The Kier molecular flexibility index (Phi) is 4.02. The number of hydrogen-bond acceptors (Lipinski definition) is 2. The summed E-state index contributed by atoms with van der Waals surface area (Å²) >= 11 is 0. The number of ether oxygens (including phenoxy) is 1. The van der Waals surface area contributed by atoms with Gasteiger partial charge in [0.1, 0.15) is 11.6 Å². The first kappa shape index (κ1) is 15.1. The van der Waals surface area contributed by atoms with Gasteiger partial charge in [0.25, 0.3) is 0 Å². The Labute approximate surface area is 132 Å². The fraction of sp³-hybridized carbons (Fsp3) is 0.167. The van der Waals surface area contributed by atoms with Gasteiger partial charge < -0.3 is 14.8 Å². The number of carboxylic acids is 1. The van der Waals surface area contributed by atoms with E-state index < -0.39 is 11.8 Å². The van der Waals surface area contributed by atoms with Gasteiger partial charge in [-0.05, 0) is 42.8 Å². The number of carboxylic acid groups (broad SMARTS) is 1. The molecule has 0 aliphatic rings. The normalized spacial score (nSPS) is 10.9. The number of aliphatic carboxylic acids is 1. The lowest BCUT2D eigenvalue weighted by Gasteiger charge is -2.07. The minimum absolute atomic E-state index is 0.183. The van der Waals surface area contributed by atoms with Crippen molar-refractivity contribution < 1.29 is 19.0 Å². The van der Waals surface area contributed by atoms with Gasteiger partial charge in [0.2, 0.25) is 0 Å². The van der Waals surface area contributed by atoms with E-state index in [0.29, 0.717) is 34.5 Å². The Hall–Kier alpha value is -2.82. The Bertz CT molecular complexity index is 870. The van der Waals surface area contributed by atoms with Crippen molar-refractivity contribution in [2.75, 3.05) is 6.61 Å². The topological polar surface area (TPSA) is 62.3 Å². The highest BCUT2D eigenvalue weighted by molar-refractivity contribution is 5.94. The van der Waals surface area contributed by atoms with E-state index in [1.165, 1.54) is 12.1 Å². The first-order valence-corrected chi connectivity index (χ1v) is 7.33. The predicted molar refractivity (Wildman–Crippen MR) is 86.2 cm³/mol. The summed E-state index contributed by atoms with van der Waals surface area (Å²) in [5.41, 5.74) is 2.76. The third-order valence-electron chi connectivity index (χ3n) is 3.63. The van der Waals surface area contributed by atoms with Crippen molar-refractivity contribution >= 4 is 16.9 Å². The smallest absolute Gasteiger partial charge is 0.307 e. The summed E-state index contributed by atoms with van der Waals surface area (Å²) in [6.45, 7) is 2.44. The molecule has 4 nitrogen and oxygen atoms in total. The summed E-state index contributed by atoms with van der Waals surface area (Å²) in [4.78, 5) is 14.4. The molecule has 2 aromatic carbocycles. The molecule has 2 N–H and O–H groups in total. The number of halogens is 1. The number of rotatable bonds is 5. The number of fused-ring (bicyclic) bond motifs is 1. The standard InChI is InChI=1S/C18H16FNO3/c1-2-23-13-5-3-4-11(8-13)18-15(10-17(21)22)14-9-12(19)6-7-16(14)20-18/h3-9,20H,2,10H2,1H3,(H,21,22). The molecule has 0 atom stereocenters. The molecule has 5 heteroatoms. The first-order valence-electron chi connectivity index (χ1n) is 7.33. The molecule has 0 amide bonds. The van der Waals surface area contributed by atoms with Crippen LogP contribution in [0.4, 0.5) is 4.39 Å². The largest absolute Gasteiger partial charge is 0.494 e. The van der Waals surface area contributed by atoms with Gasteiger partial charge in [-0.3, -0.25) is 4.79 Å². The van der Waals surface area contributed by atoms with Crippen molar-refractivity contribution in [3.8, 4) is 17.0 Å². The lowest BCUT2D eigenvalue weighted by molar-refractivity contribution is -0.136. The maximum atomic E-state index is 13.5. The molecule has 0 fully saturated rings. The molecule has 118 valence electrons. The molecule has 0 saturated carbocycles. The molecular formula is C18H16FNO3. The van der Waals surface area contributed by atoms with E-state index in [2.05, 4.69) is 4.98 Å². The summed E-state index contributed by atoms with van der Waals surface area (Å²) in [6, 6.07) is 11.7. The van der Waals surface area contributed by atoms with Crippen LogP contribution in [0.25, 0.3) is 22.2 Å². The predicted octanol–water partition coefficient (Wildman–Crippen LogP) is 4.00. The van der Waals surface area contributed by atoms with E-state index in [0.717, 1.165) is 5.56 Å². The Morgan fingerprint density at radius 1 is 1.26 bits per heavy atom. The van der Waals surface area contributed by atoms with Crippen LogP contribution in [-0.4, -0.2) is 22.7 Å². The Balaban J connectivity index is 2.19. The summed E-state index contributed by atoms with van der Waals surface area (Å²) in [5.74, 6) is -0.647. The first-order chi connectivity index (χ1) is 11.1. The van der Waals surface area contributed by atoms with Crippen LogP contribution in [0.3, 0.4) is 0 Å². The number of nitrogens with one attached hydrogen (secondary N) is 1. The van der Waals surface area contributed by atoms with Crippen LogP contribution in [0.5, 0.6) is 5.75 Å². The Morgan fingerprint density at radius 2 is 2.09 bits per heavy atom. The van der Waals surface area contributed by atoms with Crippen molar-refractivity contribution in [2.24, 2.45) is 0 Å². The van der Waals surface area contributed by atoms with Crippen molar-refractivity contribution in [3.63, 3.8) is 0 Å². The van der Waals surface area contributed by atoms with Crippen LogP contribution in [-0.2, 0) is 11.2 Å². The van der Waals surface area contributed by atoms with Crippen LogP contribution < -0.4 is 4.74 Å². The average molecular weight is 313 g/mol. The van der Waals surface area contributed by atoms with Gasteiger partial charge in [0.15, 0.2) is 0 Å². The van der Waals surface area contributed by atoms with Gasteiger partial charge >= 0.3 is 5.97 Å². The number of carbonyl (C=O) groups is 1. The maximum absolute atomic E-state index is 13.5. The highest BCUT2D eigenvalue weighted by Gasteiger charge is 2.16. The van der Waals surface area contributed by atoms with E-state index >= 15 is 0 Å². The summed E-state index contributed by atoms with van der Waals surface area (Å²) < 4.78 is 19.0. The van der Waals surface area contributed by atoms with Gasteiger partial charge in [-0.25, -0.2) is 4.39 Å². The second kappa shape index (κ2) is 6.12. The number of aromatic amines is 1. The molecule has 0 unspecified atom stereocenters. The van der Waals surface area contributed by atoms with Crippen LogP contribution >= 0.6 is 0 Å². The van der Waals surface area contributed by atoms with Crippen molar-refractivity contribution in [2.45, 2.75) is 13.3 Å². The van der Waals surface area contributed by atoms with Crippen LogP contribution in [0.1, 0.15) is 12.5 Å². The van der Waals surface area contributed by atoms with Crippen molar-refractivity contribution in [3.05, 3.63) is 53.8 Å². The van der Waals surface area contributed by atoms with E-state index in [-0.39, 0.29) is 6.42 Å². The van der Waals surface area contributed by atoms with E-state index in [9.17, 15) is 14.3 Å². The number of H-pyrrole nitrogens is 1. The molecule has 1 heterocycles. The van der Waals surface area contributed by atoms with Crippen LogP contribution in [0.15, 0.2) is 42.5 Å². The lowest BCUT2D eigenvalue weighted by Crippen LogP contribution is -2.01. The van der Waals surface area contributed by atoms with Gasteiger partial charge in [0.05, 0.1) is 18.7 Å². The third-order valence-corrected chi connectivity index (χ3v) is 3.63. The van der Waals surface area contributed by atoms with E-state index in [4.69, 9.17) is 4.74 Å². The number of benzene rings is 2. The van der Waals surface area contributed by atoms with E-state index in [1.54, 1.807) is 6.07 Å².